The summed E-state index contributed by atoms with van der Waals surface area (Å²) in [6.45, 7) is 0. The highest BCUT2D eigenvalue weighted by Crippen LogP contribution is 2.17. The van der Waals surface area contributed by atoms with Gasteiger partial charge in [-0.1, -0.05) is 0 Å². The Morgan fingerprint density at radius 1 is 1.32 bits per heavy atom. The number of ether oxygens (including phenoxy) is 1. The van der Waals surface area contributed by atoms with Gasteiger partial charge in [0.15, 0.2) is 0 Å². The first-order chi connectivity index (χ1) is 9.22. The Morgan fingerprint density at radius 3 is 2.74 bits per heavy atom. The van der Waals surface area contributed by atoms with E-state index in [1.54, 1.807) is 19.4 Å². The van der Waals surface area contributed by atoms with Crippen molar-refractivity contribution in [2.24, 2.45) is 0 Å². The molecule has 0 spiro atoms. The maximum Gasteiger partial charge on any atom is 0.233 e. The van der Waals surface area contributed by atoms with Crippen molar-refractivity contribution in [2.45, 2.75) is 12.5 Å². The van der Waals surface area contributed by atoms with Crippen LogP contribution < -0.4 is 15.8 Å². The van der Waals surface area contributed by atoms with Gasteiger partial charge in [-0.25, -0.2) is 4.98 Å². The van der Waals surface area contributed by atoms with Gasteiger partial charge in [-0.2, -0.15) is 5.10 Å². The average Bonchev–Trinajstić information content (AvgIpc) is 2.45. The minimum atomic E-state index is 0.0696. The molecule has 2 heterocycles. The van der Waals surface area contributed by atoms with E-state index in [1.165, 1.54) is 0 Å². The summed E-state index contributed by atoms with van der Waals surface area (Å²) in [6, 6.07) is 7.57. The normalized spacial score (nSPS) is 12.1. The van der Waals surface area contributed by atoms with Gasteiger partial charge in [0.2, 0.25) is 5.88 Å². The summed E-state index contributed by atoms with van der Waals surface area (Å²) in [5.74, 6) is 1.03. The largest absolute Gasteiger partial charge is 0.480 e. The molecule has 0 fully saturated rings. The van der Waals surface area contributed by atoms with Crippen LogP contribution in [0.4, 0.5) is 5.82 Å². The number of likely N-dealkylation sites (N-methyl/N-ethyl adjacent to an activating group) is 1. The number of pyridine rings is 1. The van der Waals surface area contributed by atoms with Crippen molar-refractivity contribution in [3.8, 4) is 5.88 Å². The molecule has 0 aliphatic rings. The third kappa shape index (κ3) is 3.38. The first-order valence-electron chi connectivity index (χ1n) is 5.98. The number of hydrogen-bond acceptors (Lipinski definition) is 6. The van der Waals surface area contributed by atoms with Gasteiger partial charge in [0, 0.05) is 12.3 Å². The first-order valence-corrected chi connectivity index (χ1v) is 5.98. The van der Waals surface area contributed by atoms with Crippen LogP contribution in [0.25, 0.3) is 0 Å². The molecule has 19 heavy (non-hydrogen) atoms. The topological polar surface area (TPSA) is 86.0 Å². The van der Waals surface area contributed by atoms with Crippen molar-refractivity contribution >= 4 is 5.82 Å². The second-order valence-corrected chi connectivity index (χ2v) is 4.13. The minimum absolute atomic E-state index is 0.0696. The fraction of sp³-hybridized carbons (Fsp3) is 0.308. The Bertz CT molecular complexity index is 529. The Hall–Kier alpha value is -2.21. The van der Waals surface area contributed by atoms with Crippen LogP contribution in [-0.2, 0) is 6.42 Å². The zero-order valence-corrected chi connectivity index (χ0v) is 11.0. The number of anilines is 1. The summed E-state index contributed by atoms with van der Waals surface area (Å²) in [6.07, 6.45) is 2.47. The Labute approximate surface area is 112 Å². The molecule has 2 aromatic heterocycles. The molecule has 0 radical (unpaired) electrons. The van der Waals surface area contributed by atoms with Gasteiger partial charge < -0.3 is 15.8 Å². The number of hydrogen-bond donors (Lipinski definition) is 2. The Kier molecular flexibility index (Phi) is 4.25. The van der Waals surface area contributed by atoms with Gasteiger partial charge >= 0.3 is 0 Å². The quantitative estimate of drug-likeness (QED) is 0.832. The molecular formula is C13H17N5O. The number of nitrogen functional groups attached to an aromatic ring is 1. The molecule has 0 aromatic carbocycles. The molecule has 1 atom stereocenters. The van der Waals surface area contributed by atoms with Crippen molar-refractivity contribution in [1.82, 2.24) is 20.5 Å². The summed E-state index contributed by atoms with van der Waals surface area (Å²) in [5.41, 5.74) is 7.64. The molecule has 2 aromatic rings. The van der Waals surface area contributed by atoms with Gasteiger partial charge in [-0.05, 0) is 37.2 Å². The minimum Gasteiger partial charge on any atom is -0.480 e. The molecule has 1 unspecified atom stereocenters. The third-order valence-corrected chi connectivity index (χ3v) is 2.86. The predicted octanol–water partition coefficient (Wildman–Crippen LogP) is 0.966. The van der Waals surface area contributed by atoms with E-state index in [2.05, 4.69) is 20.5 Å². The lowest BCUT2D eigenvalue weighted by Gasteiger charge is -2.15. The van der Waals surface area contributed by atoms with Crippen molar-refractivity contribution in [3.63, 3.8) is 0 Å². The molecule has 0 saturated heterocycles. The summed E-state index contributed by atoms with van der Waals surface area (Å²) >= 11 is 0. The first kappa shape index (κ1) is 13.2. The summed E-state index contributed by atoms with van der Waals surface area (Å²) in [7, 11) is 3.46. The van der Waals surface area contributed by atoms with Crippen LogP contribution in [0.15, 0.2) is 30.5 Å². The highest BCUT2D eigenvalue weighted by atomic mass is 16.5. The molecule has 100 valence electrons. The number of nitrogens with zero attached hydrogens (tertiary/aromatic N) is 3. The van der Waals surface area contributed by atoms with Crippen molar-refractivity contribution < 1.29 is 4.74 Å². The highest BCUT2D eigenvalue weighted by Gasteiger charge is 2.12. The molecule has 3 N–H and O–H groups in total. The van der Waals surface area contributed by atoms with Crippen molar-refractivity contribution in [2.75, 3.05) is 19.9 Å². The second kappa shape index (κ2) is 6.10. The van der Waals surface area contributed by atoms with E-state index in [9.17, 15) is 0 Å². The highest BCUT2D eigenvalue weighted by molar-refractivity contribution is 5.32. The fourth-order valence-electron chi connectivity index (χ4n) is 1.84. The molecule has 0 aliphatic heterocycles. The number of methoxy groups -OCH3 is 1. The van der Waals surface area contributed by atoms with Crippen LogP contribution in [0, 0.1) is 0 Å². The maximum absolute atomic E-state index is 5.68. The van der Waals surface area contributed by atoms with E-state index in [4.69, 9.17) is 10.5 Å². The molecular weight excluding hydrogens is 242 g/mol. The molecule has 2 rings (SSSR count). The Balaban J connectivity index is 2.15. The summed E-state index contributed by atoms with van der Waals surface area (Å²) in [5, 5.41) is 11.4. The molecule has 0 amide bonds. The number of nitrogens with two attached hydrogens (primary N) is 1. The van der Waals surface area contributed by atoms with Gasteiger partial charge in [0.25, 0.3) is 0 Å². The predicted molar refractivity (Wildman–Crippen MR) is 72.7 cm³/mol. The standard InChI is InChI=1S/C13H17N5O/c1-15-11(7-9-5-6-16-12(14)8-9)10-3-4-13(19-2)18-17-10/h3-6,8,11,15H,7H2,1-2H3,(H2,14,16). The maximum atomic E-state index is 5.68. The third-order valence-electron chi connectivity index (χ3n) is 2.86. The fourth-order valence-corrected chi connectivity index (χ4v) is 1.84. The van der Waals surface area contributed by atoms with E-state index in [0.717, 1.165) is 17.7 Å². The van der Waals surface area contributed by atoms with Crippen LogP contribution in [0.5, 0.6) is 5.88 Å². The van der Waals surface area contributed by atoms with Gasteiger partial charge in [0.05, 0.1) is 18.8 Å². The monoisotopic (exact) mass is 259 g/mol. The van der Waals surface area contributed by atoms with Crippen molar-refractivity contribution in [1.29, 1.82) is 0 Å². The van der Waals surface area contributed by atoms with Gasteiger partial charge in [-0.15, -0.1) is 5.10 Å². The Morgan fingerprint density at radius 2 is 2.16 bits per heavy atom. The van der Waals surface area contributed by atoms with Crippen LogP contribution in [0.3, 0.4) is 0 Å². The van der Waals surface area contributed by atoms with Gasteiger partial charge in [-0.3, -0.25) is 0 Å². The number of rotatable bonds is 5. The molecule has 0 aliphatic carbocycles. The van der Waals surface area contributed by atoms with E-state index < -0.39 is 0 Å². The zero-order valence-electron chi connectivity index (χ0n) is 11.0. The average molecular weight is 259 g/mol. The number of aromatic nitrogens is 3. The number of nitrogens with one attached hydrogen (secondary N) is 1. The SMILES string of the molecule is CNC(Cc1ccnc(N)c1)c1ccc(OC)nn1. The molecule has 6 nitrogen and oxygen atoms in total. The zero-order chi connectivity index (χ0) is 13.7. The lowest BCUT2D eigenvalue weighted by molar-refractivity contribution is 0.389. The lowest BCUT2D eigenvalue weighted by Crippen LogP contribution is -2.20. The molecule has 0 bridgehead atoms. The van der Waals surface area contributed by atoms with E-state index in [-0.39, 0.29) is 6.04 Å². The van der Waals surface area contributed by atoms with Crippen LogP contribution in [0.2, 0.25) is 0 Å². The van der Waals surface area contributed by atoms with Gasteiger partial charge in [0.1, 0.15) is 5.82 Å². The van der Waals surface area contributed by atoms with E-state index in [1.807, 2.05) is 25.2 Å². The lowest BCUT2D eigenvalue weighted by atomic mass is 10.0. The summed E-state index contributed by atoms with van der Waals surface area (Å²) < 4.78 is 5.00. The van der Waals surface area contributed by atoms with E-state index in [0.29, 0.717) is 11.7 Å². The van der Waals surface area contributed by atoms with Crippen LogP contribution in [-0.4, -0.2) is 29.3 Å². The smallest absolute Gasteiger partial charge is 0.233 e. The van der Waals surface area contributed by atoms with Crippen LogP contribution in [0.1, 0.15) is 17.3 Å². The second-order valence-electron chi connectivity index (χ2n) is 4.13. The molecule has 6 heteroatoms. The summed E-state index contributed by atoms with van der Waals surface area (Å²) in [4.78, 5) is 3.98. The molecule has 0 saturated carbocycles. The van der Waals surface area contributed by atoms with Crippen molar-refractivity contribution in [3.05, 3.63) is 41.7 Å². The van der Waals surface area contributed by atoms with Crippen LogP contribution >= 0.6 is 0 Å². The van der Waals surface area contributed by atoms with E-state index >= 15 is 0 Å².